The lowest BCUT2D eigenvalue weighted by Crippen LogP contribution is -2.47. The molecule has 0 heterocycles. The first-order valence-corrected chi connectivity index (χ1v) is 10.2. The maximum absolute atomic E-state index is 13.2. The van der Waals surface area contributed by atoms with Crippen LogP contribution in [0.15, 0.2) is 36.4 Å². The zero-order valence-electron chi connectivity index (χ0n) is 19.7. The van der Waals surface area contributed by atoms with Crippen LogP contribution in [0.5, 0.6) is 17.2 Å². The Morgan fingerprint density at radius 3 is 2.12 bits per heavy atom. The van der Waals surface area contributed by atoms with E-state index in [4.69, 9.17) is 18.9 Å². The topological polar surface area (TPSA) is 95.1 Å². The molecule has 0 aliphatic rings. The number of amides is 2. The van der Waals surface area contributed by atoms with E-state index in [1.165, 1.54) is 21.3 Å². The summed E-state index contributed by atoms with van der Waals surface area (Å²) in [4.78, 5) is 25.6. The minimum atomic E-state index is -0.870. The van der Waals surface area contributed by atoms with Crippen LogP contribution in [0.2, 0.25) is 0 Å². The van der Waals surface area contributed by atoms with E-state index in [1.54, 1.807) is 33.8 Å². The zero-order valence-corrected chi connectivity index (χ0v) is 19.7. The van der Waals surface area contributed by atoms with Gasteiger partial charge in [-0.05, 0) is 33.3 Å². The lowest BCUT2D eigenvalue weighted by molar-refractivity contribution is -0.118. The number of nitrogens with one attached hydrogen (secondary N) is 2. The minimum Gasteiger partial charge on any atom is -0.493 e. The second kappa shape index (κ2) is 10.7. The van der Waals surface area contributed by atoms with E-state index in [0.717, 1.165) is 5.56 Å². The monoisotopic (exact) mass is 444 g/mol. The fourth-order valence-corrected chi connectivity index (χ4v) is 3.16. The van der Waals surface area contributed by atoms with Crippen molar-refractivity contribution in [1.82, 2.24) is 5.32 Å². The molecule has 0 saturated heterocycles. The Labute approximate surface area is 189 Å². The number of carbonyl (C=O) groups excluding carboxylic acids is 2. The molecule has 2 aromatic rings. The van der Waals surface area contributed by atoms with Gasteiger partial charge in [0.25, 0.3) is 0 Å². The molecule has 0 saturated carbocycles. The molecule has 0 aliphatic heterocycles. The highest BCUT2D eigenvalue weighted by molar-refractivity contribution is 5.98. The van der Waals surface area contributed by atoms with E-state index in [1.807, 2.05) is 30.3 Å². The van der Waals surface area contributed by atoms with E-state index in [9.17, 15) is 9.59 Å². The highest BCUT2D eigenvalue weighted by atomic mass is 16.6. The number of anilines is 1. The van der Waals surface area contributed by atoms with Gasteiger partial charge in [0.2, 0.25) is 11.7 Å². The quantitative estimate of drug-likeness (QED) is 0.637. The third-order valence-corrected chi connectivity index (χ3v) is 4.63. The summed E-state index contributed by atoms with van der Waals surface area (Å²) in [6, 6.07) is 10.2. The first-order valence-electron chi connectivity index (χ1n) is 10.2. The van der Waals surface area contributed by atoms with Gasteiger partial charge in [-0.1, -0.05) is 30.3 Å². The van der Waals surface area contributed by atoms with Crippen LogP contribution in [0.25, 0.3) is 0 Å². The number of hydrogen-bond acceptors (Lipinski definition) is 6. The fraction of sp³-hybridized carbons (Fsp3) is 0.417. The summed E-state index contributed by atoms with van der Waals surface area (Å²) < 4.78 is 21.6. The SMILES string of the molecule is COc1cc(NC(=O)[C@H](Cc2ccccc2)NC(=O)OC(C)(C)C)c(C)c(OC)c1OC. The first kappa shape index (κ1) is 24.8. The van der Waals surface area contributed by atoms with E-state index in [2.05, 4.69) is 10.6 Å². The Bertz CT molecular complexity index is 938. The summed E-state index contributed by atoms with van der Waals surface area (Å²) in [5.41, 5.74) is 1.35. The van der Waals surface area contributed by atoms with Crippen molar-refractivity contribution in [3.8, 4) is 17.2 Å². The van der Waals surface area contributed by atoms with Crippen molar-refractivity contribution >= 4 is 17.7 Å². The van der Waals surface area contributed by atoms with Gasteiger partial charge in [-0.3, -0.25) is 4.79 Å². The van der Waals surface area contributed by atoms with Gasteiger partial charge in [0.05, 0.1) is 27.0 Å². The van der Waals surface area contributed by atoms with Crippen LogP contribution in [0, 0.1) is 6.92 Å². The highest BCUT2D eigenvalue weighted by Crippen LogP contribution is 2.43. The van der Waals surface area contributed by atoms with Gasteiger partial charge in [0.1, 0.15) is 11.6 Å². The van der Waals surface area contributed by atoms with Crippen molar-refractivity contribution in [3.63, 3.8) is 0 Å². The van der Waals surface area contributed by atoms with Crippen LogP contribution < -0.4 is 24.8 Å². The van der Waals surface area contributed by atoms with Gasteiger partial charge in [-0.2, -0.15) is 0 Å². The normalized spacial score (nSPS) is 11.8. The predicted molar refractivity (Wildman–Crippen MR) is 123 cm³/mol. The summed E-state index contributed by atoms with van der Waals surface area (Å²) in [5.74, 6) is 0.877. The lowest BCUT2D eigenvalue weighted by Gasteiger charge is -2.24. The standard InChI is InChI=1S/C24H32N2O6/c1-15-17(14-19(29-5)21(31-7)20(15)30-6)25-22(27)18(13-16-11-9-8-10-12-16)26-23(28)32-24(2,3)4/h8-12,14,18H,13H2,1-7H3,(H,25,27)(H,26,28)/t18-/m0/s1. The largest absolute Gasteiger partial charge is 0.493 e. The molecule has 0 aliphatic carbocycles. The predicted octanol–water partition coefficient (Wildman–Crippen LogP) is 4.10. The second-order valence-corrected chi connectivity index (χ2v) is 8.20. The Kier molecular flexibility index (Phi) is 8.34. The van der Waals surface area contributed by atoms with Crippen LogP contribution in [0.1, 0.15) is 31.9 Å². The molecular formula is C24H32N2O6. The summed E-state index contributed by atoms with van der Waals surface area (Å²) in [6.45, 7) is 7.08. The summed E-state index contributed by atoms with van der Waals surface area (Å²) >= 11 is 0. The molecule has 8 nitrogen and oxygen atoms in total. The van der Waals surface area contributed by atoms with Crippen LogP contribution in [-0.2, 0) is 16.0 Å². The van der Waals surface area contributed by atoms with E-state index in [0.29, 0.717) is 28.5 Å². The third kappa shape index (κ3) is 6.54. The molecule has 2 aromatic carbocycles. The Morgan fingerprint density at radius 1 is 0.969 bits per heavy atom. The number of methoxy groups -OCH3 is 3. The van der Waals surface area contributed by atoms with Crippen LogP contribution in [0.3, 0.4) is 0 Å². The van der Waals surface area contributed by atoms with Gasteiger partial charge in [-0.15, -0.1) is 0 Å². The van der Waals surface area contributed by atoms with E-state index >= 15 is 0 Å². The molecule has 32 heavy (non-hydrogen) atoms. The highest BCUT2D eigenvalue weighted by Gasteiger charge is 2.26. The van der Waals surface area contributed by atoms with Crippen molar-refractivity contribution in [3.05, 3.63) is 47.5 Å². The molecule has 0 fully saturated rings. The summed E-state index contributed by atoms with van der Waals surface area (Å²) in [7, 11) is 4.53. The van der Waals surface area contributed by atoms with E-state index < -0.39 is 23.6 Å². The number of hydrogen-bond donors (Lipinski definition) is 2. The Balaban J connectivity index is 2.34. The summed E-state index contributed by atoms with van der Waals surface area (Å²) in [5, 5.41) is 5.56. The van der Waals surface area contributed by atoms with Gasteiger partial charge < -0.3 is 29.6 Å². The first-order chi connectivity index (χ1) is 15.1. The lowest BCUT2D eigenvalue weighted by atomic mass is 10.0. The van der Waals surface area contributed by atoms with Crippen molar-refractivity contribution in [1.29, 1.82) is 0 Å². The van der Waals surface area contributed by atoms with Gasteiger partial charge >= 0.3 is 6.09 Å². The average Bonchev–Trinajstić information content (AvgIpc) is 2.73. The molecule has 2 amide bonds. The second-order valence-electron chi connectivity index (χ2n) is 8.20. The van der Waals surface area contributed by atoms with Gasteiger partial charge in [0.15, 0.2) is 11.5 Å². The number of carbonyl (C=O) groups is 2. The van der Waals surface area contributed by atoms with Gasteiger partial charge in [0, 0.05) is 18.1 Å². The smallest absolute Gasteiger partial charge is 0.408 e. The molecule has 0 aromatic heterocycles. The fourth-order valence-electron chi connectivity index (χ4n) is 3.16. The van der Waals surface area contributed by atoms with E-state index in [-0.39, 0.29) is 6.42 Å². The molecule has 2 rings (SSSR count). The Hall–Kier alpha value is -3.42. The van der Waals surface area contributed by atoms with Crippen molar-refractivity contribution in [2.24, 2.45) is 0 Å². The van der Waals surface area contributed by atoms with Crippen molar-refractivity contribution in [2.45, 2.75) is 45.8 Å². The van der Waals surface area contributed by atoms with Gasteiger partial charge in [-0.25, -0.2) is 4.79 Å². The molecule has 0 unspecified atom stereocenters. The number of rotatable bonds is 8. The Morgan fingerprint density at radius 2 is 1.59 bits per heavy atom. The van der Waals surface area contributed by atoms with Crippen molar-refractivity contribution in [2.75, 3.05) is 26.6 Å². The average molecular weight is 445 g/mol. The molecule has 0 bridgehead atoms. The molecule has 0 radical (unpaired) electrons. The number of alkyl carbamates (subject to hydrolysis) is 1. The van der Waals surface area contributed by atoms with Crippen molar-refractivity contribution < 1.29 is 28.5 Å². The number of ether oxygens (including phenoxy) is 4. The molecule has 0 spiro atoms. The number of benzene rings is 2. The van der Waals surface area contributed by atoms with Crippen LogP contribution >= 0.6 is 0 Å². The molecular weight excluding hydrogens is 412 g/mol. The molecule has 1 atom stereocenters. The third-order valence-electron chi connectivity index (χ3n) is 4.63. The molecule has 2 N–H and O–H groups in total. The van der Waals surface area contributed by atoms with Crippen LogP contribution in [-0.4, -0.2) is 45.0 Å². The molecule has 174 valence electrons. The van der Waals surface area contributed by atoms with Crippen LogP contribution in [0.4, 0.5) is 10.5 Å². The summed E-state index contributed by atoms with van der Waals surface area (Å²) in [6.07, 6.45) is -0.384. The maximum atomic E-state index is 13.2. The molecule has 8 heteroatoms. The maximum Gasteiger partial charge on any atom is 0.408 e. The minimum absolute atomic E-state index is 0.287. The zero-order chi connectivity index (χ0) is 23.9.